The fraction of sp³-hybridized carbons (Fsp3) is 0.267. The lowest BCUT2D eigenvalue weighted by Gasteiger charge is -2.25. The standard InChI is InChI=1S/C15H14N2O3S/c18-13(14-17-12(8-21-14)15(19)20)16-11-7-3-5-9-4-1-2-6-10(9)11/h1-2,4,6,8,11H,3,5,7H2,(H,16,18)(H,19,20). The molecule has 0 spiro atoms. The molecule has 3 rings (SSSR count). The van der Waals surface area contributed by atoms with E-state index in [0.717, 1.165) is 36.2 Å². The van der Waals surface area contributed by atoms with Gasteiger partial charge in [-0.15, -0.1) is 11.3 Å². The molecule has 1 aromatic heterocycles. The largest absolute Gasteiger partial charge is 0.476 e. The number of carbonyl (C=O) groups is 2. The molecule has 1 atom stereocenters. The lowest BCUT2D eigenvalue weighted by Crippen LogP contribution is -2.31. The average molecular weight is 302 g/mol. The van der Waals surface area contributed by atoms with Gasteiger partial charge in [0.25, 0.3) is 5.91 Å². The van der Waals surface area contributed by atoms with Crippen LogP contribution in [0.4, 0.5) is 0 Å². The van der Waals surface area contributed by atoms with Gasteiger partial charge in [-0.3, -0.25) is 4.79 Å². The molecule has 2 aromatic rings. The number of hydrogen-bond donors (Lipinski definition) is 2. The number of fused-ring (bicyclic) bond motifs is 1. The summed E-state index contributed by atoms with van der Waals surface area (Å²) < 4.78 is 0. The van der Waals surface area contributed by atoms with Crippen molar-refractivity contribution >= 4 is 23.2 Å². The fourth-order valence-electron chi connectivity index (χ4n) is 2.60. The topological polar surface area (TPSA) is 79.3 Å². The predicted molar refractivity (Wildman–Crippen MR) is 78.7 cm³/mol. The Balaban J connectivity index is 1.77. The van der Waals surface area contributed by atoms with Crippen LogP contribution in [0, 0.1) is 0 Å². The molecule has 0 bridgehead atoms. The Morgan fingerprint density at radius 2 is 2.14 bits per heavy atom. The van der Waals surface area contributed by atoms with Gasteiger partial charge in [0.05, 0.1) is 6.04 Å². The molecule has 0 radical (unpaired) electrons. The number of aromatic carboxylic acids is 1. The number of thiazole rings is 1. The summed E-state index contributed by atoms with van der Waals surface area (Å²) in [6.07, 6.45) is 2.95. The van der Waals surface area contributed by atoms with Gasteiger partial charge in [0.15, 0.2) is 10.7 Å². The maximum Gasteiger partial charge on any atom is 0.355 e. The molecule has 0 aliphatic heterocycles. The Hall–Kier alpha value is -2.21. The molecule has 1 unspecified atom stereocenters. The smallest absolute Gasteiger partial charge is 0.355 e. The van der Waals surface area contributed by atoms with Gasteiger partial charge in [0, 0.05) is 5.38 Å². The van der Waals surface area contributed by atoms with Crippen molar-refractivity contribution in [1.29, 1.82) is 0 Å². The van der Waals surface area contributed by atoms with Crippen LogP contribution in [0.3, 0.4) is 0 Å². The number of nitrogens with one attached hydrogen (secondary N) is 1. The third-order valence-corrected chi connectivity index (χ3v) is 4.43. The Bertz CT molecular complexity index is 696. The molecule has 1 heterocycles. The highest BCUT2D eigenvalue weighted by atomic mass is 32.1. The van der Waals surface area contributed by atoms with Crippen molar-refractivity contribution in [2.24, 2.45) is 0 Å². The molecule has 1 aliphatic carbocycles. The average Bonchev–Trinajstić information content (AvgIpc) is 2.98. The Labute approximate surface area is 125 Å². The van der Waals surface area contributed by atoms with Crippen LogP contribution in [-0.4, -0.2) is 22.0 Å². The third-order valence-electron chi connectivity index (χ3n) is 3.59. The minimum absolute atomic E-state index is 0.0281. The fourth-order valence-corrected chi connectivity index (χ4v) is 3.29. The summed E-state index contributed by atoms with van der Waals surface area (Å²) >= 11 is 1.05. The van der Waals surface area contributed by atoms with Crippen LogP contribution in [0.2, 0.25) is 0 Å². The number of aryl methyl sites for hydroxylation is 1. The second-order valence-corrected chi connectivity index (χ2v) is 5.82. The highest BCUT2D eigenvalue weighted by Crippen LogP contribution is 2.29. The normalized spacial score (nSPS) is 17.0. The first-order valence-corrected chi connectivity index (χ1v) is 7.60. The Morgan fingerprint density at radius 1 is 1.33 bits per heavy atom. The summed E-state index contributed by atoms with van der Waals surface area (Å²) in [6.45, 7) is 0. The number of carbonyl (C=O) groups excluding carboxylic acids is 1. The van der Waals surface area contributed by atoms with Crippen molar-refractivity contribution in [3.05, 3.63) is 51.5 Å². The molecule has 0 saturated carbocycles. The summed E-state index contributed by atoms with van der Waals surface area (Å²) in [5.74, 6) is -1.43. The molecular formula is C15H14N2O3S. The number of hydrogen-bond acceptors (Lipinski definition) is 4. The first-order chi connectivity index (χ1) is 10.1. The van der Waals surface area contributed by atoms with Gasteiger partial charge in [-0.2, -0.15) is 0 Å². The van der Waals surface area contributed by atoms with E-state index in [9.17, 15) is 9.59 Å². The van der Waals surface area contributed by atoms with E-state index < -0.39 is 5.97 Å². The van der Waals surface area contributed by atoms with Crippen molar-refractivity contribution in [1.82, 2.24) is 10.3 Å². The van der Waals surface area contributed by atoms with Crippen LogP contribution in [0.15, 0.2) is 29.6 Å². The lowest BCUT2D eigenvalue weighted by molar-refractivity contribution is 0.0691. The molecule has 0 saturated heterocycles. The maximum atomic E-state index is 12.2. The summed E-state index contributed by atoms with van der Waals surface area (Å²) in [6, 6.07) is 8.06. The van der Waals surface area contributed by atoms with Crippen molar-refractivity contribution in [3.8, 4) is 0 Å². The molecule has 21 heavy (non-hydrogen) atoms. The molecule has 1 aliphatic rings. The molecular weight excluding hydrogens is 288 g/mol. The van der Waals surface area contributed by atoms with Crippen molar-refractivity contribution < 1.29 is 14.7 Å². The minimum atomic E-state index is -1.12. The molecule has 5 nitrogen and oxygen atoms in total. The van der Waals surface area contributed by atoms with Gasteiger partial charge in [-0.25, -0.2) is 9.78 Å². The van der Waals surface area contributed by atoms with Crippen LogP contribution in [0.5, 0.6) is 0 Å². The Kier molecular flexibility index (Phi) is 3.70. The minimum Gasteiger partial charge on any atom is -0.476 e. The molecule has 1 aromatic carbocycles. The van der Waals surface area contributed by atoms with E-state index in [1.807, 2.05) is 18.2 Å². The monoisotopic (exact) mass is 302 g/mol. The molecule has 6 heteroatoms. The second kappa shape index (κ2) is 5.65. The number of carboxylic acids is 1. The summed E-state index contributed by atoms with van der Waals surface area (Å²) in [4.78, 5) is 26.8. The van der Waals surface area contributed by atoms with E-state index in [1.54, 1.807) is 0 Å². The SMILES string of the molecule is O=C(O)c1csc(C(=O)NC2CCCc3ccccc32)n1. The second-order valence-electron chi connectivity index (χ2n) is 4.96. The first kappa shape index (κ1) is 13.8. The van der Waals surface area contributed by atoms with Gasteiger partial charge >= 0.3 is 5.97 Å². The number of benzene rings is 1. The van der Waals surface area contributed by atoms with Gasteiger partial charge in [0.2, 0.25) is 0 Å². The highest BCUT2D eigenvalue weighted by Gasteiger charge is 2.23. The van der Waals surface area contributed by atoms with Crippen LogP contribution in [0.1, 0.15) is 50.3 Å². The number of rotatable bonds is 3. The maximum absolute atomic E-state index is 12.2. The van der Waals surface area contributed by atoms with Crippen molar-refractivity contribution in [2.75, 3.05) is 0 Å². The zero-order valence-corrected chi connectivity index (χ0v) is 12.0. The van der Waals surface area contributed by atoms with Gasteiger partial charge in [0.1, 0.15) is 0 Å². The third kappa shape index (κ3) is 2.80. The molecule has 2 N–H and O–H groups in total. The lowest BCUT2D eigenvalue weighted by atomic mass is 9.88. The summed E-state index contributed by atoms with van der Waals surface area (Å²) in [5.41, 5.74) is 2.32. The highest BCUT2D eigenvalue weighted by molar-refractivity contribution is 7.11. The van der Waals surface area contributed by atoms with Gasteiger partial charge < -0.3 is 10.4 Å². The van der Waals surface area contributed by atoms with E-state index in [2.05, 4.69) is 16.4 Å². The first-order valence-electron chi connectivity index (χ1n) is 6.72. The van der Waals surface area contributed by atoms with Gasteiger partial charge in [-0.1, -0.05) is 24.3 Å². The summed E-state index contributed by atoms with van der Waals surface area (Å²) in [7, 11) is 0. The number of aromatic nitrogens is 1. The van der Waals surface area contributed by atoms with Crippen molar-refractivity contribution in [2.45, 2.75) is 25.3 Å². The quantitative estimate of drug-likeness (QED) is 0.913. The van der Waals surface area contributed by atoms with E-state index in [4.69, 9.17) is 5.11 Å². The molecule has 108 valence electrons. The van der Waals surface area contributed by atoms with Gasteiger partial charge in [-0.05, 0) is 30.4 Å². The predicted octanol–water partition coefficient (Wildman–Crippen LogP) is 2.65. The van der Waals surface area contributed by atoms with E-state index in [1.165, 1.54) is 10.9 Å². The van der Waals surface area contributed by atoms with Crippen LogP contribution < -0.4 is 5.32 Å². The van der Waals surface area contributed by atoms with E-state index >= 15 is 0 Å². The number of amides is 1. The number of nitrogens with zero attached hydrogens (tertiary/aromatic N) is 1. The zero-order valence-electron chi connectivity index (χ0n) is 11.2. The molecule has 1 amide bonds. The molecule has 0 fully saturated rings. The Morgan fingerprint density at radius 3 is 2.90 bits per heavy atom. The van der Waals surface area contributed by atoms with Crippen LogP contribution in [-0.2, 0) is 6.42 Å². The van der Waals surface area contributed by atoms with E-state index in [0.29, 0.717) is 0 Å². The van der Waals surface area contributed by atoms with Crippen LogP contribution >= 0.6 is 11.3 Å². The number of carboxylic acid groups (broad SMARTS) is 1. The van der Waals surface area contributed by atoms with E-state index in [-0.39, 0.29) is 22.7 Å². The van der Waals surface area contributed by atoms with Crippen LogP contribution in [0.25, 0.3) is 0 Å². The summed E-state index contributed by atoms with van der Waals surface area (Å²) in [5, 5.41) is 13.4. The van der Waals surface area contributed by atoms with Crippen molar-refractivity contribution in [3.63, 3.8) is 0 Å². The zero-order chi connectivity index (χ0) is 14.8.